The van der Waals surface area contributed by atoms with Crippen LogP contribution in [0.2, 0.25) is 0 Å². The van der Waals surface area contributed by atoms with Crippen LogP contribution in [0, 0.1) is 0 Å². The van der Waals surface area contributed by atoms with Crippen LogP contribution in [0.15, 0.2) is 36.5 Å². The van der Waals surface area contributed by atoms with Crippen LogP contribution in [-0.4, -0.2) is 9.67 Å². The lowest BCUT2D eigenvalue weighted by atomic mass is 9.87. The third-order valence-corrected chi connectivity index (χ3v) is 5.02. The number of aliphatic hydroxyl groups excluding tert-OH is 1. The van der Waals surface area contributed by atoms with Gasteiger partial charge in [0.2, 0.25) is 0 Å². The number of fused-ring (bicyclic) bond motifs is 2. The van der Waals surface area contributed by atoms with Gasteiger partial charge in [-0.1, -0.05) is 24.3 Å². The Balaban J connectivity index is 1.67. The zero-order valence-corrected chi connectivity index (χ0v) is 11.8. The highest BCUT2D eigenvalue weighted by Gasteiger charge is 2.26. The van der Waals surface area contributed by atoms with Crippen LogP contribution >= 0.6 is 0 Å². The zero-order valence-electron chi connectivity index (χ0n) is 11.8. The van der Waals surface area contributed by atoms with Gasteiger partial charge in [-0.2, -0.15) is 0 Å². The molecule has 1 heterocycles. The topological polar surface area (TPSA) is 25.2 Å². The van der Waals surface area contributed by atoms with E-state index in [1.165, 1.54) is 35.2 Å². The van der Waals surface area contributed by atoms with Crippen molar-refractivity contribution in [3.05, 3.63) is 58.9 Å². The molecule has 2 aliphatic carbocycles. The SMILES string of the molecule is OC1CCCc2c1ccn2C1CCc2ccccc2C1. The summed E-state index contributed by atoms with van der Waals surface area (Å²) >= 11 is 0. The molecule has 0 saturated carbocycles. The third-order valence-electron chi connectivity index (χ3n) is 5.02. The molecule has 0 bridgehead atoms. The molecule has 1 N–H and O–H groups in total. The summed E-state index contributed by atoms with van der Waals surface area (Å²) in [4.78, 5) is 0. The van der Waals surface area contributed by atoms with Gasteiger partial charge in [-0.15, -0.1) is 0 Å². The first-order chi connectivity index (χ1) is 9.83. The van der Waals surface area contributed by atoms with Crippen molar-refractivity contribution in [3.63, 3.8) is 0 Å². The Morgan fingerprint density at radius 3 is 2.75 bits per heavy atom. The Hall–Kier alpha value is -1.54. The van der Waals surface area contributed by atoms with Gasteiger partial charge in [0.1, 0.15) is 0 Å². The number of hydrogen-bond acceptors (Lipinski definition) is 1. The molecule has 2 heteroatoms. The second-order valence-electron chi connectivity index (χ2n) is 6.20. The molecule has 4 rings (SSSR count). The van der Waals surface area contributed by atoms with E-state index < -0.39 is 0 Å². The fourth-order valence-electron chi connectivity index (χ4n) is 3.95. The second kappa shape index (κ2) is 4.78. The zero-order chi connectivity index (χ0) is 13.5. The maximum atomic E-state index is 10.1. The maximum absolute atomic E-state index is 10.1. The molecule has 1 aromatic carbocycles. The average Bonchev–Trinajstić information content (AvgIpc) is 2.92. The van der Waals surface area contributed by atoms with Crippen molar-refractivity contribution in [1.82, 2.24) is 4.57 Å². The van der Waals surface area contributed by atoms with Crippen molar-refractivity contribution in [3.8, 4) is 0 Å². The van der Waals surface area contributed by atoms with Gasteiger partial charge in [0.25, 0.3) is 0 Å². The van der Waals surface area contributed by atoms with Crippen LogP contribution in [0.25, 0.3) is 0 Å². The van der Waals surface area contributed by atoms with Crippen LogP contribution in [0.4, 0.5) is 0 Å². The van der Waals surface area contributed by atoms with Crippen molar-refractivity contribution in [2.75, 3.05) is 0 Å². The van der Waals surface area contributed by atoms with Gasteiger partial charge in [0.05, 0.1) is 6.10 Å². The van der Waals surface area contributed by atoms with Crippen LogP contribution in [-0.2, 0) is 19.3 Å². The molecule has 0 radical (unpaired) electrons. The predicted octanol–water partition coefficient (Wildman–Crippen LogP) is 3.59. The van der Waals surface area contributed by atoms with E-state index in [1.807, 2.05) is 0 Å². The number of aliphatic hydroxyl groups is 1. The van der Waals surface area contributed by atoms with Crippen LogP contribution in [0.5, 0.6) is 0 Å². The first kappa shape index (κ1) is 12.2. The smallest absolute Gasteiger partial charge is 0.0807 e. The molecule has 0 aliphatic heterocycles. The highest BCUT2D eigenvalue weighted by molar-refractivity contribution is 5.32. The van der Waals surface area contributed by atoms with E-state index in [9.17, 15) is 5.11 Å². The summed E-state index contributed by atoms with van der Waals surface area (Å²) in [6.45, 7) is 0. The van der Waals surface area contributed by atoms with E-state index in [-0.39, 0.29) is 6.10 Å². The van der Waals surface area contributed by atoms with Gasteiger partial charge in [-0.25, -0.2) is 0 Å². The summed E-state index contributed by atoms with van der Waals surface area (Å²) < 4.78 is 2.45. The Labute approximate surface area is 120 Å². The van der Waals surface area contributed by atoms with Crippen molar-refractivity contribution in [2.24, 2.45) is 0 Å². The van der Waals surface area contributed by atoms with E-state index in [0.29, 0.717) is 6.04 Å². The standard InChI is InChI=1S/C18H21NO/c20-18-7-3-6-17-16(18)10-11-19(17)15-9-8-13-4-1-2-5-14(13)12-15/h1-2,4-5,10-11,15,18,20H,3,6-9,12H2. The highest BCUT2D eigenvalue weighted by atomic mass is 16.3. The molecule has 2 unspecified atom stereocenters. The summed E-state index contributed by atoms with van der Waals surface area (Å²) in [5.74, 6) is 0. The Kier molecular flexibility index (Phi) is 2.92. The van der Waals surface area contributed by atoms with Gasteiger partial charge in [-0.3, -0.25) is 0 Å². The Morgan fingerprint density at radius 2 is 1.85 bits per heavy atom. The monoisotopic (exact) mass is 267 g/mol. The molecular formula is C18H21NO. The Bertz CT molecular complexity index is 628. The quantitative estimate of drug-likeness (QED) is 0.839. The summed E-state index contributed by atoms with van der Waals surface area (Å²) in [6.07, 6.45) is 8.65. The van der Waals surface area contributed by atoms with E-state index >= 15 is 0 Å². The van der Waals surface area contributed by atoms with Crippen LogP contribution in [0.3, 0.4) is 0 Å². The number of aryl methyl sites for hydroxylation is 1. The van der Waals surface area contributed by atoms with Crippen LogP contribution in [0.1, 0.15) is 53.8 Å². The maximum Gasteiger partial charge on any atom is 0.0807 e. The molecular weight excluding hydrogens is 246 g/mol. The third kappa shape index (κ3) is 1.90. The lowest BCUT2D eigenvalue weighted by Crippen LogP contribution is -2.21. The summed E-state index contributed by atoms with van der Waals surface area (Å²) in [7, 11) is 0. The number of nitrogens with zero attached hydrogens (tertiary/aromatic N) is 1. The molecule has 0 saturated heterocycles. The van der Waals surface area contributed by atoms with Crippen molar-refractivity contribution < 1.29 is 5.11 Å². The molecule has 0 spiro atoms. The Morgan fingerprint density at radius 1 is 1.00 bits per heavy atom. The molecule has 2 nitrogen and oxygen atoms in total. The number of aromatic nitrogens is 1. The van der Waals surface area contributed by atoms with Gasteiger partial charge in [-0.05, 0) is 55.7 Å². The largest absolute Gasteiger partial charge is 0.388 e. The minimum absolute atomic E-state index is 0.240. The van der Waals surface area contributed by atoms with E-state index in [0.717, 1.165) is 25.7 Å². The minimum atomic E-state index is -0.240. The molecule has 2 aromatic rings. The van der Waals surface area contributed by atoms with Crippen molar-refractivity contribution >= 4 is 0 Å². The molecule has 20 heavy (non-hydrogen) atoms. The highest BCUT2D eigenvalue weighted by Crippen LogP contribution is 2.36. The minimum Gasteiger partial charge on any atom is -0.388 e. The van der Waals surface area contributed by atoms with Gasteiger partial charge in [0, 0.05) is 23.5 Å². The summed E-state index contributed by atoms with van der Waals surface area (Å²) in [6, 6.07) is 11.5. The summed E-state index contributed by atoms with van der Waals surface area (Å²) in [5, 5.41) is 10.1. The summed E-state index contributed by atoms with van der Waals surface area (Å²) in [5.41, 5.74) is 5.58. The molecule has 0 amide bonds. The molecule has 1 aromatic heterocycles. The normalized spacial score (nSPS) is 25.1. The number of rotatable bonds is 1. The van der Waals surface area contributed by atoms with Gasteiger partial charge in [0.15, 0.2) is 0 Å². The lowest BCUT2D eigenvalue weighted by Gasteiger charge is -2.29. The number of hydrogen-bond donors (Lipinski definition) is 1. The first-order valence-corrected chi connectivity index (χ1v) is 7.77. The molecule has 104 valence electrons. The second-order valence-corrected chi connectivity index (χ2v) is 6.20. The first-order valence-electron chi connectivity index (χ1n) is 7.77. The molecule has 2 aliphatic rings. The van der Waals surface area contributed by atoms with Crippen molar-refractivity contribution in [1.29, 1.82) is 0 Å². The van der Waals surface area contributed by atoms with Gasteiger partial charge < -0.3 is 9.67 Å². The molecule has 0 fully saturated rings. The molecule has 2 atom stereocenters. The lowest BCUT2D eigenvalue weighted by molar-refractivity contribution is 0.155. The van der Waals surface area contributed by atoms with E-state index in [2.05, 4.69) is 41.1 Å². The predicted molar refractivity (Wildman–Crippen MR) is 79.8 cm³/mol. The van der Waals surface area contributed by atoms with E-state index in [4.69, 9.17) is 0 Å². The van der Waals surface area contributed by atoms with Gasteiger partial charge >= 0.3 is 0 Å². The van der Waals surface area contributed by atoms with E-state index in [1.54, 1.807) is 0 Å². The van der Waals surface area contributed by atoms with Crippen molar-refractivity contribution in [2.45, 2.75) is 50.7 Å². The van der Waals surface area contributed by atoms with Crippen LogP contribution < -0.4 is 0 Å². The fraction of sp³-hybridized carbons (Fsp3) is 0.444. The fourth-order valence-corrected chi connectivity index (χ4v) is 3.95. The number of benzene rings is 1. The average molecular weight is 267 g/mol.